The van der Waals surface area contributed by atoms with Crippen LogP contribution in [-0.4, -0.2) is 30.1 Å². The van der Waals surface area contributed by atoms with Crippen LogP contribution in [0.4, 0.5) is 5.69 Å². The van der Waals surface area contributed by atoms with Crippen molar-refractivity contribution in [3.8, 4) is 0 Å². The summed E-state index contributed by atoms with van der Waals surface area (Å²) in [6, 6.07) is 8.08. The lowest BCUT2D eigenvalue weighted by Gasteiger charge is -2.17. The van der Waals surface area contributed by atoms with Crippen LogP contribution in [-0.2, 0) is 0 Å². The van der Waals surface area contributed by atoms with Crippen LogP contribution < -0.4 is 5.32 Å². The highest BCUT2D eigenvalue weighted by atomic mass is 79.9. The zero-order valence-corrected chi connectivity index (χ0v) is 11.8. The van der Waals surface area contributed by atoms with E-state index in [0.29, 0.717) is 6.04 Å². The van der Waals surface area contributed by atoms with Crippen molar-refractivity contribution in [2.24, 2.45) is 0 Å². The van der Waals surface area contributed by atoms with Gasteiger partial charge >= 0.3 is 0 Å². The molecule has 0 aromatic heterocycles. The number of likely N-dealkylation sites (tertiary alicyclic amines) is 1. The first-order valence-electron chi connectivity index (χ1n) is 6.49. The van der Waals surface area contributed by atoms with Crippen molar-refractivity contribution < 1.29 is 0 Å². The van der Waals surface area contributed by atoms with Crippen LogP contribution in [0.3, 0.4) is 0 Å². The summed E-state index contributed by atoms with van der Waals surface area (Å²) in [4.78, 5) is 2.64. The van der Waals surface area contributed by atoms with Gasteiger partial charge < -0.3 is 5.32 Å². The van der Waals surface area contributed by atoms with E-state index >= 15 is 0 Å². The second kappa shape index (κ2) is 4.62. The fraction of sp³-hybridized carbons (Fsp3) is 0.571. The molecule has 2 nitrogen and oxygen atoms in total. The smallest absolute Gasteiger partial charge is 0.0400 e. The van der Waals surface area contributed by atoms with Crippen molar-refractivity contribution in [2.45, 2.75) is 38.3 Å². The summed E-state index contributed by atoms with van der Waals surface area (Å²) in [7, 11) is 0. The van der Waals surface area contributed by atoms with E-state index in [1.165, 1.54) is 48.1 Å². The average molecular weight is 295 g/mol. The van der Waals surface area contributed by atoms with Crippen LogP contribution in [0.15, 0.2) is 22.7 Å². The molecule has 1 heterocycles. The molecule has 3 heteroatoms. The van der Waals surface area contributed by atoms with Crippen molar-refractivity contribution in [1.82, 2.24) is 4.90 Å². The first kappa shape index (κ1) is 11.5. The highest BCUT2D eigenvalue weighted by molar-refractivity contribution is 9.10. The van der Waals surface area contributed by atoms with Crippen molar-refractivity contribution in [3.63, 3.8) is 0 Å². The third-order valence-corrected chi connectivity index (χ3v) is 4.68. The molecule has 17 heavy (non-hydrogen) atoms. The van der Waals surface area contributed by atoms with E-state index in [0.717, 1.165) is 6.04 Å². The molecule has 92 valence electrons. The molecular formula is C14H19BrN2. The lowest BCUT2D eigenvalue weighted by atomic mass is 10.2. The van der Waals surface area contributed by atoms with Crippen LogP contribution in [0.25, 0.3) is 0 Å². The van der Waals surface area contributed by atoms with Gasteiger partial charge in [0.25, 0.3) is 0 Å². The minimum atomic E-state index is 0.630. The van der Waals surface area contributed by atoms with Gasteiger partial charge in [0.15, 0.2) is 0 Å². The molecule has 3 rings (SSSR count). The third-order valence-electron chi connectivity index (χ3n) is 3.83. The Morgan fingerprint density at radius 3 is 2.82 bits per heavy atom. The Kier molecular flexibility index (Phi) is 3.14. The van der Waals surface area contributed by atoms with E-state index in [4.69, 9.17) is 0 Å². The zero-order chi connectivity index (χ0) is 11.8. The first-order valence-corrected chi connectivity index (χ1v) is 7.28. The number of aryl methyl sites for hydroxylation is 1. The van der Waals surface area contributed by atoms with Crippen LogP contribution in [0.5, 0.6) is 0 Å². The largest absolute Gasteiger partial charge is 0.381 e. The van der Waals surface area contributed by atoms with E-state index < -0.39 is 0 Å². The van der Waals surface area contributed by atoms with Crippen LogP contribution in [0.1, 0.15) is 24.8 Å². The van der Waals surface area contributed by atoms with Gasteiger partial charge in [0, 0.05) is 35.3 Å². The quantitative estimate of drug-likeness (QED) is 0.919. The first-order chi connectivity index (χ1) is 8.22. The minimum Gasteiger partial charge on any atom is -0.381 e. The third kappa shape index (κ3) is 2.66. The molecule has 1 aromatic rings. The fourth-order valence-corrected chi connectivity index (χ4v) is 2.97. The maximum atomic E-state index is 3.65. The number of rotatable bonds is 3. The van der Waals surface area contributed by atoms with Crippen molar-refractivity contribution in [2.75, 3.05) is 18.4 Å². The van der Waals surface area contributed by atoms with Crippen molar-refractivity contribution >= 4 is 21.6 Å². The van der Waals surface area contributed by atoms with E-state index in [1.807, 2.05) is 0 Å². The van der Waals surface area contributed by atoms with E-state index in [-0.39, 0.29) is 0 Å². The summed E-state index contributed by atoms with van der Waals surface area (Å²) in [6.07, 6.45) is 4.12. The van der Waals surface area contributed by atoms with Crippen LogP contribution in [0.2, 0.25) is 0 Å². The Balaban J connectivity index is 1.61. The predicted octanol–water partition coefficient (Wildman–Crippen LogP) is 3.41. The molecule has 2 fully saturated rings. The predicted molar refractivity (Wildman–Crippen MR) is 75.5 cm³/mol. The standard InChI is InChI=1S/C14H19BrN2/c1-10-2-3-11(8-14(10)15)16-12-6-7-17(9-12)13-4-5-13/h2-3,8,12-13,16H,4-7,9H2,1H3. The Hall–Kier alpha value is -0.540. The molecule has 1 aliphatic heterocycles. The SMILES string of the molecule is Cc1ccc(NC2CCN(C3CC3)C2)cc1Br. The van der Waals surface area contributed by atoms with Gasteiger partial charge in [0.05, 0.1) is 0 Å². The summed E-state index contributed by atoms with van der Waals surface area (Å²) in [5, 5.41) is 3.65. The zero-order valence-electron chi connectivity index (χ0n) is 10.2. The number of benzene rings is 1. The summed E-state index contributed by atoms with van der Waals surface area (Å²) in [6.45, 7) is 4.61. The Bertz CT molecular complexity index is 415. The minimum absolute atomic E-state index is 0.630. The van der Waals surface area contributed by atoms with Crippen LogP contribution >= 0.6 is 15.9 Å². The Morgan fingerprint density at radius 2 is 2.12 bits per heavy atom. The molecule has 1 aromatic carbocycles. The van der Waals surface area contributed by atoms with Gasteiger partial charge in [0.2, 0.25) is 0 Å². The summed E-state index contributed by atoms with van der Waals surface area (Å²) in [5.74, 6) is 0. The maximum absolute atomic E-state index is 3.65. The lowest BCUT2D eigenvalue weighted by molar-refractivity contribution is 0.326. The maximum Gasteiger partial charge on any atom is 0.0400 e. The number of hydrogen-bond acceptors (Lipinski definition) is 2. The summed E-state index contributed by atoms with van der Waals surface area (Å²) >= 11 is 3.59. The van der Waals surface area contributed by atoms with Crippen molar-refractivity contribution in [1.29, 1.82) is 0 Å². The second-order valence-electron chi connectivity index (χ2n) is 5.32. The molecule has 0 spiro atoms. The molecule has 2 aliphatic rings. The van der Waals surface area contributed by atoms with Gasteiger partial charge in [-0.15, -0.1) is 0 Å². The Labute approximate surface area is 112 Å². The molecule has 1 atom stereocenters. The molecule has 0 amide bonds. The van der Waals surface area contributed by atoms with E-state index in [2.05, 4.69) is 51.3 Å². The molecule has 1 saturated carbocycles. The highest BCUT2D eigenvalue weighted by Gasteiger charge is 2.34. The average Bonchev–Trinajstić information content (AvgIpc) is 3.06. The monoisotopic (exact) mass is 294 g/mol. The molecule has 1 N–H and O–H groups in total. The number of nitrogens with one attached hydrogen (secondary N) is 1. The van der Waals surface area contributed by atoms with Gasteiger partial charge in [-0.2, -0.15) is 0 Å². The van der Waals surface area contributed by atoms with Crippen LogP contribution in [0, 0.1) is 6.92 Å². The molecule has 1 aliphatic carbocycles. The van der Waals surface area contributed by atoms with Gasteiger partial charge in [-0.1, -0.05) is 22.0 Å². The molecule has 0 radical (unpaired) electrons. The van der Waals surface area contributed by atoms with Gasteiger partial charge in [0.1, 0.15) is 0 Å². The fourth-order valence-electron chi connectivity index (χ4n) is 2.59. The van der Waals surface area contributed by atoms with E-state index in [9.17, 15) is 0 Å². The van der Waals surface area contributed by atoms with Gasteiger partial charge in [-0.3, -0.25) is 4.90 Å². The number of halogens is 1. The molecule has 1 unspecified atom stereocenters. The molecule has 0 bridgehead atoms. The summed E-state index contributed by atoms with van der Waals surface area (Å²) in [5.41, 5.74) is 2.53. The van der Waals surface area contributed by atoms with E-state index in [1.54, 1.807) is 0 Å². The summed E-state index contributed by atoms with van der Waals surface area (Å²) < 4.78 is 1.19. The lowest BCUT2D eigenvalue weighted by Crippen LogP contribution is -2.27. The number of hydrogen-bond donors (Lipinski definition) is 1. The number of anilines is 1. The topological polar surface area (TPSA) is 15.3 Å². The normalized spacial score (nSPS) is 25.2. The van der Waals surface area contributed by atoms with Crippen molar-refractivity contribution in [3.05, 3.63) is 28.2 Å². The second-order valence-corrected chi connectivity index (χ2v) is 6.17. The van der Waals surface area contributed by atoms with Gasteiger partial charge in [-0.25, -0.2) is 0 Å². The Morgan fingerprint density at radius 1 is 1.29 bits per heavy atom. The number of nitrogens with zero attached hydrogens (tertiary/aromatic N) is 1. The molecule has 1 saturated heterocycles. The molecular weight excluding hydrogens is 276 g/mol. The highest BCUT2D eigenvalue weighted by Crippen LogP contribution is 2.31. The van der Waals surface area contributed by atoms with Gasteiger partial charge in [-0.05, 0) is 43.9 Å².